The molecule has 0 saturated heterocycles. The van der Waals surface area contributed by atoms with E-state index in [0.29, 0.717) is 10.7 Å². The second-order valence-electron chi connectivity index (χ2n) is 4.84. The highest BCUT2D eigenvalue weighted by molar-refractivity contribution is 7.12. The summed E-state index contributed by atoms with van der Waals surface area (Å²) >= 11 is 1.36. The number of thiophene rings is 1. The van der Waals surface area contributed by atoms with Crippen LogP contribution in [0.3, 0.4) is 0 Å². The summed E-state index contributed by atoms with van der Waals surface area (Å²) in [5.41, 5.74) is 2.86. The zero-order valence-corrected chi connectivity index (χ0v) is 13.0. The van der Waals surface area contributed by atoms with Gasteiger partial charge < -0.3 is 9.26 Å². The molecule has 0 aliphatic rings. The lowest BCUT2D eigenvalue weighted by Crippen LogP contribution is -2.04. The first-order valence-electron chi connectivity index (χ1n) is 6.75. The number of benzene rings is 1. The Morgan fingerprint density at radius 1 is 1.23 bits per heavy atom. The SMILES string of the molecule is Cc1ccccc1-c1noc(COC(=O)c2sccc2C)n1. The van der Waals surface area contributed by atoms with Gasteiger partial charge in [0.1, 0.15) is 4.88 Å². The molecule has 0 spiro atoms. The molecule has 2 heterocycles. The zero-order valence-electron chi connectivity index (χ0n) is 12.2. The first kappa shape index (κ1) is 14.5. The van der Waals surface area contributed by atoms with Crippen LogP contribution in [0.4, 0.5) is 0 Å². The summed E-state index contributed by atoms with van der Waals surface area (Å²) in [7, 11) is 0. The van der Waals surface area contributed by atoms with Crippen LogP contribution in [0.2, 0.25) is 0 Å². The molecule has 5 nitrogen and oxygen atoms in total. The summed E-state index contributed by atoms with van der Waals surface area (Å²) in [6.07, 6.45) is 0. The van der Waals surface area contributed by atoms with Crippen molar-refractivity contribution in [3.8, 4) is 11.4 Å². The van der Waals surface area contributed by atoms with E-state index in [1.165, 1.54) is 11.3 Å². The number of carbonyl (C=O) groups excluding carboxylic acids is 1. The molecule has 6 heteroatoms. The van der Waals surface area contributed by atoms with Gasteiger partial charge in [-0.1, -0.05) is 29.4 Å². The van der Waals surface area contributed by atoms with Gasteiger partial charge in [0.15, 0.2) is 6.61 Å². The van der Waals surface area contributed by atoms with E-state index >= 15 is 0 Å². The molecule has 112 valence electrons. The third-order valence-electron chi connectivity index (χ3n) is 3.23. The van der Waals surface area contributed by atoms with E-state index in [1.807, 2.05) is 49.6 Å². The predicted octanol–water partition coefficient (Wildman–Crippen LogP) is 3.77. The van der Waals surface area contributed by atoms with Crippen molar-refractivity contribution in [2.45, 2.75) is 20.5 Å². The molecule has 2 aromatic heterocycles. The normalized spacial score (nSPS) is 10.6. The number of ether oxygens (including phenoxy) is 1. The molecular weight excluding hydrogens is 300 g/mol. The van der Waals surface area contributed by atoms with Gasteiger partial charge >= 0.3 is 5.97 Å². The van der Waals surface area contributed by atoms with Crippen LogP contribution in [0, 0.1) is 13.8 Å². The average Bonchev–Trinajstić information content (AvgIpc) is 3.14. The Morgan fingerprint density at radius 2 is 2.05 bits per heavy atom. The molecule has 3 rings (SSSR count). The summed E-state index contributed by atoms with van der Waals surface area (Å²) in [6, 6.07) is 9.64. The largest absolute Gasteiger partial charge is 0.451 e. The molecule has 0 radical (unpaired) electrons. The van der Waals surface area contributed by atoms with Gasteiger partial charge in [0.2, 0.25) is 5.82 Å². The van der Waals surface area contributed by atoms with Gasteiger partial charge in [-0.3, -0.25) is 0 Å². The maximum Gasteiger partial charge on any atom is 0.349 e. The summed E-state index contributed by atoms with van der Waals surface area (Å²) in [5, 5.41) is 5.79. The van der Waals surface area contributed by atoms with Crippen molar-refractivity contribution < 1.29 is 14.1 Å². The molecule has 0 bridgehead atoms. The standard InChI is InChI=1S/C16H14N2O3S/c1-10-5-3-4-6-12(10)15-17-13(21-18-15)9-20-16(19)14-11(2)7-8-22-14/h3-8H,9H2,1-2H3. The van der Waals surface area contributed by atoms with E-state index < -0.39 is 0 Å². The Kier molecular flexibility index (Phi) is 4.02. The van der Waals surface area contributed by atoms with E-state index in [9.17, 15) is 4.79 Å². The Morgan fingerprint density at radius 3 is 2.77 bits per heavy atom. The fraction of sp³-hybridized carbons (Fsp3) is 0.188. The fourth-order valence-corrected chi connectivity index (χ4v) is 2.84. The third-order valence-corrected chi connectivity index (χ3v) is 4.22. The number of aromatic nitrogens is 2. The van der Waals surface area contributed by atoms with Crippen LogP contribution in [0.1, 0.15) is 26.7 Å². The molecule has 0 aliphatic carbocycles. The second kappa shape index (κ2) is 6.11. The quantitative estimate of drug-likeness (QED) is 0.686. The topological polar surface area (TPSA) is 65.2 Å². The Hall–Kier alpha value is -2.47. The molecule has 22 heavy (non-hydrogen) atoms. The molecule has 0 aliphatic heterocycles. The van der Waals surface area contributed by atoms with Crippen LogP contribution in [0.5, 0.6) is 0 Å². The van der Waals surface area contributed by atoms with Crippen molar-refractivity contribution in [1.29, 1.82) is 0 Å². The molecule has 0 saturated carbocycles. The minimum Gasteiger partial charge on any atom is -0.451 e. The van der Waals surface area contributed by atoms with Crippen LogP contribution < -0.4 is 0 Å². The molecule has 1 aromatic carbocycles. The number of hydrogen-bond donors (Lipinski definition) is 0. The van der Waals surface area contributed by atoms with E-state index in [1.54, 1.807) is 0 Å². The maximum atomic E-state index is 11.9. The zero-order chi connectivity index (χ0) is 15.5. The van der Waals surface area contributed by atoms with Crippen LogP contribution in [-0.2, 0) is 11.3 Å². The molecule has 0 N–H and O–H groups in total. The first-order valence-corrected chi connectivity index (χ1v) is 7.63. The highest BCUT2D eigenvalue weighted by Crippen LogP contribution is 2.21. The van der Waals surface area contributed by atoms with Gasteiger partial charge in [-0.25, -0.2) is 4.79 Å². The van der Waals surface area contributed by atoms with Gasteiger partial charge in [-0.05, 0) is 36.4 Å². The summed E-state index contributed by atoms with van der Waals surface area (Å²) in [5.74, 6) is 0.403. The molecule has 0 fully saturated rings. The van der Waals surface area contributed by atoms with Crippen molar-refractivity contribution in [1.82, 2.24) is 10.1 Å². The van der Waals surface area contributed by atoms with Gasteiger partial charge in [0.05, 0.1) is 0 Å². The highest BCUT2D eigenvalue weighted by atomic mass is 32.1. The Bertz CT molecular complexity index is 807. The number of esters is 1. The van der Waals surface area contributed by atoms with Gasteiger partial charge in [0.25, 0.3) is 5.89 Å². The molecular formula is C16H14N2O3S. The van der Waals surface area contributed by atoms with E-state index in [2.05, 4.69) is 10.1 Å². The van der Waals surface area contributed by atoms with E-state index in [4.69, 9.17) is 9.26 Å². The fourth-order valence-electron chi connectivity index (χ4n) is 2.02. The lowest BCUT2D eigenvalue weighted by Gasteiger charge is -2.00. The minimum atomic E-state index is -0.372. The van der Waals surface area contributed by atoms with Crippen LogP contribution >= 0.6 is 11.3 Å². The highest BCUT2D eigenvalue weighted by Gasteiger charge is 2.15. The monoisotopic (exact) mass is 314 g/mol. The van der Waals surface area contributed by atoms with E-state index in [0.717, 1.165) is 16.7 Å². The molecule has 3 aromatic rings. The van der Waals surface area contributed by atoms with Gasteiger partial charge in [-0.2, -0.15) is 4.98 Å². The number of rotatable bonds is 4. The van der Waals surface area contributed by atoms with E-state index in [-0.39, 0.29) is 18.5 Å². The van der Waals surface area contributed by atoms with Crippen molar-refractivity contribution in [3.63, 3.8) is 0 Å². The first-order chi connectivity index (χ1) is 10.6. The molecule has 0 unspecified atom stereocenters. The second-order valence-corrected chi connectivity index (χ2v) is 5.75. The Balaban J connectivity index is 1.69. The lowest BCUT2D eigenvalue weighted by molar-refractivity contribution is 0.0435. The smallest absolute Gasteiger partial charge is 0.349 e. The molecule has 0 atom stereocenters. The van der Waals surface area contributed by atoms with Crippen LogP contribution in [0.15, 0.2) is 40.2 Å². The number of carbonyl (C=O) groups is 1. The predicted molar refractivity (Wildman–Crippen MR) is 82.6 cm³/mol. The lowest BCUT2D eigenvalue weighted by atomic mass is 10.1. The number of aryl methyl sites for hydroxylation is 2. The summed E-state index contributed by atoms with van der Waals surface area (Å²) in [4.78, 5) is 16.8. The summed E-state index contributed by atoms with van der Waals surface area (Å²) in [6.45, 7) is 3.82. The minimum absolute atomic E-state index is 0.0327. The van der Waals surface area contributed by atoms with Crippen molar-refractivity contribution in [3.05, 3.63) is 57.6 Å². The van der Waals surface area contributed by atoms with Crippen molar-refractivity contribution in [2.75, 3.05) is 0 Å². The molecule has 0 amide bonds. The van der Waals surface area contributed by atoms with Gasteiger partial charge in [0, 0.05) is 5.56 Å². The van der Waals surface area contributed by atoms with Crippen molar-refractivity contribution in [2.24, 2.45) is 0 Å². The number of hydrogen-bond acceptors (Lipinski definition) is 6. The third kappa shape index (κ3) is 2.92. The number of nitrogens with zero attached hydrogens (tertiary/aromatic N) is 2. The summed E-state index contributed by atoms with van der Waals surface area (Å²) < 4.78 is 10.3. The Labute approximate surface area is 131 Å². The van der Waals surface area contributed by atoms with Crippen LogP contribution in [0.25, 0.3) is 11.4 Å². The maximum absolute atomic E-state index is 11.9. The van der Waals surface area contributed by atoms with Crippen LogP contribution in [-0.4, -0.2) is 16.1 Å². The van der Waals surface area contributed by atoms with Gasteiger partial charge in [-0.15, -0.1) is 11.3 Å². The van der Waals surface area contributed by atoms with Crippen molar-refractivity contribution >= 4 is 17.3 Å². The average molecular weight is 314 g/mol.